The fraction of sp³-hybridized carbons (Fsp3) is 0.316. The predicted octanol–water partition coefficient (Wildman–Crippen LogP) is 1.76. The largest absolute Gasteiger partial charge is 0.507 e. The SMILES string of the molecule is Cn1cc([C@H](NC(=O)c2cc(-c3ccccc3O)n[nH]2)C2CC(O)C2)cn1. The Kier molecular flexibility index (Phi) is 4.41. The van der Waals surface area contributed by atoms with Crippen LogP contribution in [0.15, 0.2) is 42.7 Å². The molecular formula is C19H21N5O3. The molecule has 2 aromatic heterocycles. The van der Waals surface area contributed by atoms with E-state index in [4.69, 9.17) is 0 Å². The summed E-state index contributed by atoms with van der Waals surface area (Å²) in [6.45, 7) is 0. The highest BCUT2D eigenvalue weighted by Crippen LogP contribution is 2.38. The fourth-order valence-corrected chi connectivity index (χ4v) is 3.46. The highest BCUT2D eigenvalue weighted by atomic mass is 16.3. The van der Waals surface area contributed by atoms with Gasteiger partial charge in [-0.25, -0.2) is 0 Å². The first-order valence-corrected chi connectivity index (χ1v) is 8.82. The van der Waals surface area contributed by atoms with Gasteiger partial charge in [0.15, 0.2) is 0 Å². The Morgan fingerprint density at radius 1 is 1.37 bits per heavy atom. The molecule has 8 heteroatoms. The summed E-state index contributed by atoms with van der Waals surface area (Å²) in [4.78, 5) is 12.8. The maximum atomic E-state index is 12.8. The Labute approximate surface area is 155 Å². The number of aromatic hydroxyl groups is 1. The molecule has 1 aliphatic rings. The lowest BCUT2D eigenvalue weighted by Gasteiger charge is -2.37. The first-order valence-electron chi connectivity index (χ1n) is 8.82. The molecule has 4 rings (SSSR count). The van der Waals surface area contributed by atoms with Crippen LogP contribution in [0, 0.1) is 5.92 Å². The van der Waals surface area contributed by atoms with Crippen molar-refractivity contribution < 1.29 is 15.0 Å². The smallest absolute Gasteiger partial charge is 0.269 e. The number of amides is 1. The lowest BCUT2D eigenvalue weighted by molar-refractivity contribution is 0.0234. The monoisotopic (exact) mass is 367 g/mol. The van der Waals surface area contributed by atoms with Gasteiger partial charge in [-0.3, -0.25) is 14.6 Å². The van der Waals surface area contributed by atoms with Crippen LogP contribution >= 0.6 is 0 Å². The van der Waals surface area contributed by atoms with Gasteiger partial charge in [0.25, 0.3) is 5.91 Å². The highest BCUT2D eigenvalue weighted by molar-refractivity contribution is 5.93. The van der Waals surface area contributed by atoms with E-state index in [0.717, 1.165) is 5.56 Å². The summed E-state index contributed by atoms with van der Waals surface area (Å²) in [5, 5.41) is 33.7. The summed E-state index contributed by atoms with van der Waals surface area (Å²) >= 11 is 0. The number of para-hydroxylation sites is 1. The van der Waals surface area contributed by atoms with Crippen molar-refractivity contribution >= 4 is 5.91 Å². The summed E-state index contributed by atoms with van der Waals surface area (Å²) < 4.78 is 1.69. The number of benzene rings is 1. The summed E-state index contributed by atoms with van der Waals surface area (Å²) in [7, 11) is 1.82. The third kappa shape index (κ3) is 3.43. The average Bonchev–Trinajstić information content (AvgIpc) is 3.27. The number of carbonyl (C=O) groups excluding carboxylic acids is 1. The van der Waals surface area contributed by atoms with Gasteiger partial charge in [-0.1, -0.05) is 12.1 Å². The molecule has 0 saturated heterocycles. The molecule has 3 aromatic rings. The van der Waals surface area contributed by atoms with Gasteiger partial charge in [0.1, 0.15) is 11.4 Å². The zero-order valence-corrected chi connectivity index (χ0v) is 14.8. The quantitative estimate of drug-likeness (QED) is 0.548. The molecule has 0 spiro atoms. The van der Waals surface area contributed by atoms with Crippen LogP contribution in [-0.4, -0.2) is 42.2 Å². The predicted molar refractivity (Wildman–Crippen MR) is 97.8 cm³/mol. The molecule has 27 heavy (non-hydrogen) atoms. The number of aliphatic hydroxyl groups excluding tert-OH is 1. The molecule has 0 unspecified atom stereocenters. The standard InChI is InChI=1S/C19H21N5O3/c1-24-10-12(9-20-24)18(11-6-13(25)7-11)21-19(27)16-8-15(22-23-16)14-4-2-3-5-17(14)26/h2-5,8-11,13,18,25-26H,6-7H2,1H3,(H,21,27)(H,22,23)/t11?,13?,18-/m1/s1. The van der Waals surface area contributed by atoms with E-state index in [9.17, 15) is 15.0 Å². The van der Waals surface area contributed by atoms with Crippen LogP contribution in [0.5, 0.6) is 5.75 Å². The van der Waals surface area contributed by atoms with Crippen molar-refractivity contribution in [1.82, 2.24) is 25.3 Å². The van der Waals surface area contributed by atoms with Gasteiger partial charge >= 0.3 is 0 Å². The number of nitrogens with one attached hydrogen (secondary N) is 2. The van der Waals surface area contributed by atoms with E-state index in [1.807, 2.05) is 13.2 Å². The second kappa shape index (κ2) is 6.88. The third-order valence-corrected chi connectivity index (χ3v) is 4.99. The number of aryl methyl sites for hydroxylation is 1. The van der Waals surface area contributed by atoms with Crippen molar-refractivity contribution in [3.8, 4) is 17.0 Å². The Morgan fingerprint density at radius 3 is 2.81 bits per heavy atom. The minimum Gasteiger partial charge on any atom is -0.507 e. The molecule has 2 heterocycles. The Hall–Kier alpha value is -3.13. The van der Waals surface area contributed by atoms with Gasteiger partial charge in [0.2, 0.25) is 0 Å². The van der Waals surface area contributed by atoms with Crippen LogP contribution in [0.2, 0.25) is 0 Å². The summed E-state index contributed by atoms with van der Waals surface area (Å²) in [5.74, 6) is -0.0271. The number of rotatable bonds is 5. The zero-order valence-electron chi connectivity index (χ0n) is 14.8. The van der Waals surface area contributed by atoms with Gasteiger partial charge in [0, 0.05) is 24.4 Å². The van der Waals surface area contributed by atoms with E-state index in [0.29, 0.717) is 29.8 Å². The Morgan fingerprint density at radius 2 is 2.15 bits per heavy atom. The minimum absolute atomic E-state index is 0.104. The van der Waals surface area contributed by atoms with Gasteiger partial charge in [-0.2, -0.15) is 10.2 Å². The van der Waals surface area contributed by atoms with E-state index in [1.165, 1.54) is 0 Å². The molecule has 1 saturated carbocycles. The van der Waals surface area contributed by atoms with Gasteiger partial charge in [-0.15, -0.1) is 0 Å². The molecular weight excluding hydrogens is 346 g/mol. The van der Waals surface area contributed by atoms with Crippen molar-refractivity contribution in [2.75, 3.05) is 0 Å². The van der Waals surface area contributed by atoms with Crippen molar-refractivity contribution in [1.29, 1.82) is 0 Å². The molecule has 140 valence electrons. The number of nitrogens with zero attached hydrogens (tertiary/aromatic N) is 3. The number of aromatic amines is 1. The Bertz CT molecular complexity index is 958. The van der Waals surface area contributed by atoms with E-state index in [-0.39, 0.29) is 29.7 Å². The average molecular weight is 367 g/mol. The maximum absolute atomic E-state index is 12.8. The van der Waals surface area contributed by atoms with E-state index in [2.05, 4.69) is 20.6 Å². The molecule has 8 nitrogen and oxygen atoms in total. The minimum atomic E-state index is -0.314. The van der Waals surface area contributed by atoms with Crippen LogP contribution in [-0.2, 0) is 7.05 Å². The third-order valence-electron chi connectivity index (χ3n) is 4.99. The molecule has 1 aromatic carbocycles. The van der Waals surface area contributed by atoms with Crippen LogP contribution in [0.25, 0.3) is 11.3 Å². The van der Waals surface area contributed by atoms with Crippen LogP contribution in [0.4, 0.5) is 0 Å². The molecule has 0 bridgehead atoms. The molecule has 0 radical (unpaired) electrons. The van der Waals surface area contributed by atoms with Gasteiger partial charge in [-0.05, 0) is 37.0 Å². The summed E-state index contributed by atoms with van der Waals surface area (Å²) in [5.41, 5.74) is 2.26. The number of carbonyl (C=O) groups is 1. The molecule has 4 N–H and O–H groups in total. The second-order valence-corrected chi connectivity index (χ2v) is 6.97. The summed E-state index contributed by atoms with van der Waals surface area (Å²) in [6, 6.07) is 8.21. The van der Waals surface area contributed by atoms with Crippen molar-refractivity contribution in [2.45, 2.75) is 25.0 Å². The number of H-pyrrole nitrogens is 1. The van der Waals surface area contributed by atoms with Gasteiger partial charge < -0.3 is 15.5 Å². The van der Waals surface area contributed by atoms with Gasteiger partial charge in [0.05, 0.1) is 24.0 Å². The number of phenols is 1. The number of aromatic nitrogens is 4. The zero-order chi connectivity index (χ0) is 19.0. The highest BCUT2D eigenvalue weighted by Gasteiger charge is 2.36. The van der Waals surface area contributed by atoms with Crippen molar-refractivity contribution in [2.24, 2.45) is 13.0 Å². The summed E-state index contributed by atoms with van der Waals surface area (Å²) in [6.07, 6.45) is 4.58. The fourth-order valence-electron chi connectivity index (χ4n) is 3.46. The number of aliphatic hydroxyl groups is 1. The van der Waals surface area contributed by atoms with E-state index in [1.54, 1.807) is 41.2 Å². The van der Waals surface area contributed by atoms with Crippen LogP contribution < -0.4 is 5.32 Å². The normalized spacial score (nSPS) is 20.1. The van der Waals surface area contributed by atoms with Crippen molar-refractivity contribution in [3.05, 3.63) is 54.0 Å². The number of phenolic OH excluding ortho intramolecular Hbond substituents is 1. The van der Waals surface area contributed by atoms with Crippen LogP contribution in [0.1, 0.15) is 34.9 Å². The van der Waals surface area contributed by atoms with Crippen molar-refractivity contribution in [3.63, 3.8) is 0 Å². The van der Waals surface area contributed by atoms with Crippen LogP contribution in [0.3, 0.4) is 0 Å². The lowest BCUT2D eigenvalue weighted by atomic mass is 9.75. The van der Waals surface area contributed by atoms with E-state index < -0.39 is 0 Å². The number of hydrogen-bond donors (Lipinski definition) is 4. The molecule has 1 aliphatic carbocycles. The number of hydrogen-bond acceptors (Lipinski definition) is 5. The first-order chi connectivity index (χ1) is 13.0. The lowest BCUT2D eigenvalue weighted by Crippen LogP contribution is -2.41. The first kappa shape index (κ1) is 17.3. The Balaban J connectivity index is 1.54. The molecule has 1 amide bonds. The van der Waals surface area contributed by atoms with E-state index >= 15 is 0 Å². The molecule has 0 aliphatic heterocycles. The molecule has 1 atom stereocenters. The molecule has 1 fully saturated rings. The topological polar surface area (TPSA) is 116 Å². The maximum Gasteiger partial charge on any atom is 0.269 e. The second-order valence-electron chi connectivity index (χ2n) is 6.97.